The van der Waals surface area contributed by atoms with Crippen molar-refractivity contribution in [2.45, 2.75) is 17.7 Å². The quantitative estimate of drug-likeness (QED) is 0.703. The molecular formula is C18H17BrN2O5S. The van der Waals surface area contributed by atoms with Crippen molar-refractivity contribution in [2.24, 2.45) is 0 Å². The van der Waals surface area contributed by atoms with Gasteiger partial charge < -0.3 is 9.64 Å². The Morgan fingerprint density at radius 3 is 2.48 bits per heavy atom. The fraction of sp³-hybridized carbons (Fsp3) is 0.222. The number of amides is 1. The molecule has 1 amide bonds. The maximum atomic E-state index is 12.7. The average molecular weight is 453 g/mol. The van der Waals surface area contributed by atoms with Gasteiger partial charge in [-0.25, -0.2) is 13.2 Å². The lowest BCUT2D eigenvalue weighted by molar-refractivity contribution is -0.117. The van der Waals surface area contributed by atoms with E-state index in [1.54, 1.807) is 23.1 Å². The van der Waals surface area contributed by atoms with Gasteiger partial charge in [0.25, 0.3) is 10.0 Å². The summed E-state index contributed by atoms with van der Waals surface area (Å²) in [5.74, 6) is -0.627. The number of benzene rings is 2. The van der Waals surface area contributed by atoms with Gasteiger partial charge in [-0.2, -0.15) is 0 Å². The molecule has 0 saturated carbocycles. The minimum atomic E-state index is -3.92. The van der Waals surface area contributed by atoms with E-state index in [2.05, 4.69) is 20.7 Å². The van der Waals surface area contributed by atoms with Gasteiger partial charge >= 0.3 is 5.97 Å². The van der Waals surface area contributed by atoms with Crippen LogP contribution in [0.25, 0.3) is 0 Å². The van der Waals surface area contributed by atoms with Crippen molar-refractivity contribution in [3.8, 4) is 0 Å². The molecule has 1 aliphatic heterocycles. The Kier molecular flexibility index (Phi) is 5.52. The number of carbonyl (C=O) groups is 2. The van der Waals surface area contributed by atoms with Gasteiger partial charge in [-0.1, -0.05) is 15.9 Å². The van der Waals surface area contributed by atoms with Crippen LogP contribution in [0.3, 0.4) is 0 Å². The monoisotopic (exact) mass is 452 g/mol. The van der Waals surface area contributed by atoms with E-state index >= 15 is 0 Å². The lowest BCUT2D eigenvalue weighted by Gasteiger charge is -2.16. The first-order chi connectivity index (χ1) is 12.8. The van der Waals surface area contributed by atoms with Crippen LogP contribution in [-0.4, -0.2) is 33.9 Å². The molecule has 1 fully saturated rings. The Morgan fingerprint density at radius 1 is 1.19 bits per heavy atom. The smallest absolute Gasteiger partial charge is 0.340 e. The zero-order valence-electron chi connectivity index (χ0n) is 14.4. The van der Waals surface area contributed by atoms with E-state index in [-0.39, 0.29) is 22.1 Å². The molecule has 1 heterocycles. The third-order valence-electron chi connectivity index (χ3n) is 4.16. The standard InChI is InChI=1S/C18H17BrN2O5S/c1-26-18(23)15-11-12(19)4-9-16(15)20-27(24,25)14-7-5-13(6-8-14)21-10-2-3-17(21)22/h4-9,11,20H,2-3,10H2,1H3. The van der Waals surface area contributed by atoms with Gasteiger partial charge in [0, 0.05) is 23.1 Å². The van der Waals surface area contributed by atoms with Gasteiger partial charge in [0.2, 0.25) is 5.91 Å². The summed E-state index contributed by atoms with van der Waals surface area (Å²) in [6.07, 6.45) is 1.29. The van der Waals surface area contributed by atoms with Crippen molar-refractivity contribution in [1.82, 2.24) is 0 Å². The Hall–Kier alpha value is -2.39. The van der Waals surface area contributed by atoms with Crippen molar-refractivity contribution in [2.75, 3.05) is 23.3 Å². The minimum absolute atomic E-state index is 0.0247. The van der Waals surface area contributed by atoms with Crippen LogP contribution in [-0.2, 0) is 19.6 Å². The normalized spacial score (nSPS) is 14.3. The van der Waals surface area contributed by atoms with Gasteiger partial charge in [-0.15, -0.1) is 0 Å². The number of halogens is 1. The molecule has 2 aromatic rings. The van der Waals surface area contributed by atoms with Crippen LogP contribution in [0.1, 0.15) is 23.2 Å². The molecule has 9 heteroatoms. The molecule has 0 radical (unpaired) electrons. The number of anilines is 2. The number of esters is 1. The summed E-state index contributed by atoms with van der Waals surface area (Å²) >= 11 is 3.25. The summed E-state index contributed by atoms with van der Waals surface area (Å²) in [5.41, 5.74) is 0.869. The molecule has 3 rings (SSSR count). The summed E-state index contributed by atoms with van der Waals surface area (Å²) in [6.45, 7) is 0.630. The molecule has 7 nitrogen and oxygen atoms in total. The van der Waals surface area contributed by atoms with Crippen molar-refractivity contribution in [3.05, 3.63) is 52.5 Å². The van der Waals surface area contributed by atoms with E-state index in [0.29, 0.717) is 23.1 Å². The van der Waals surface area contributed by atoms with Crippen molar-refractivity contribution in [3.63, 3.8) is 0 Å². The Labute approximate surface area is 165 Å². The zero-order chi connectivity index (χ0) is 19.6. The maximum absolute atomic E-state index is 12.7. The SMILES string of the molecule is COC(=O)c1cc(Br)ccc1NS(=O)(=O)c1ccc(N2CCCC2=O)cc1. The first-order valence-electron chi connectivity index (χ1n) is 8.13. The number of sulfonamides is 1. The Bertz CT molecular complexity index is 989. The number of methoxy groups -OCH3 is 1. The third kappa shape index (κ3) is 4.14. The fourth-order valence-corrected chi connectivity index (χ4v) is 4.26. The summed E-state index contributed by atoms with van der Waals surface area (Å²) in [7, 11) is -2.70. The number of carbonyl (C=O) groups excluding carboxylic acids is 2. The van der Waals surface area contributed by atoms with Crippen molar-refractivity contribution in [1.29, 1.82) is 0 Å². The van der Waals surface area contributed by atoms with Gasteiger partial charge in [-0.05, 0) is 48.9 Å². The number of nitrogens with one attached hydrogen (secondary N) is 1. The second-order valence-electron chi connectivity index (χ2n) is 5.93. The van der Waals surface area contributed by atoms with E-state index in [1.165, 1.54) is 31.4 Å². The van der Waals surface area contributed by atoms with Crippen LogP contribution >= 0.6 is 15.9 Å². The van der Waals surface area contributed by atoms with E-state index in [0.717, 1.165) is 6.42 Å². The highest BCUT2D eigenvalue weighted by atomic mass is 79.9. The van der Waals surface area contributed by atoms with E-state index in [9.17, 15) is 18.0 Å². The molecule has 27 heavy (non-hydrogen) atoms. The molecule has 1 saturated heterocycles. The molecule has 0 unspecified atom stereocenters. The average Bonchev–Trinajstić information content (AvgIpc) is 3.08. The van der Waals surface area contributed by atoms with Gasteiger partial charge in [-0.3, -0.25) is 9.52 Å². The third-order valence-corrected chi connectivity index (χ3v) is 6.04. The highest BCUT2D eigenvalue weighted by molar-refractivity contribution is 9.10. The van der Waals surface area contributed by atoms with Crippen LogP contribution in [0.2, 0.25) is 0 Å². The largest absolute Gasteiger partial charge is 0.465 e. The number of nitrogens with zero attached hydrogens (tertiary/aromatic N) is 1. The van der Waals surface area contributed by atoms with Gasteiger partial charge in [0.05, 0.1) is 23.3 Å². The predicted octanol–water partition coefficient (Wildman–Crippen LogP) is 3.16. The topological polar surface area (TPSA) is 92.8 Å². The van der Waals surface area contributed by atoms with Crippen LogP contribution in [0, 0.1) is 0 Å². The zero-order valence-corrected chi connectivity index (χ0v) is 16.8. The van der Waals surface area contributed by atoms with Crippen LogP contribution in [0.5, 0.6) is 0 Å². The number of hydrogen-bond donors (Lipinski definition) is 1. The first-order valence-corrected chi connectivity index (χ1v) is 10.4. The molecule has 0 aromatic heterocycles. The fourth-order valence-electron chi connectivity index (χ4n) is 2.81. The molecule has 1 aliphatic rings. The van der Waals surface area contributed by atoms with Crippen molar-refractivity contribution < 1.29 is 22.7 Å². The first kappa shape index (κ1) is 19.4. The molecular weight excluding hydrogens is 436 g/mol. The second kappa shape index (κ2) is 7.69. The number of ether oxygens (including phenoxy) is 1. The lowest BCUT2D eigenvalue weighted by Crippen LogP contribution is -2.23. The Morgan fingerprint density at radius 2 is 1.89 bits per heavy atom. The maximum Gasteiger partial charge on any atom is 0.340 e. The highest BCUT2D eigenvalue weighted by Gasteiger charge is 2.23. The predicted molar refractivity (Wildman–Crippen MR) is 104 cm³/mol. The van der Waals surface area contributed by atoms with E-state index < -0.39 is 16.0 Å². The molecule has 2 aromatic carbocycles. The second-order valence-corrected chi connectivity index (χ2v) is 8.53. The molecule has 0 spiro atoms. The van der Waals surface area contributed by atoms with Crippen molar-refractivity contribution >= 4 is 49.2 Å². The van der Waals surface area contributed by atoms with E-state index in [1.807, 2.05) is 0 Å². The molecule has 0 aliphatic carbocycles. The molecule has 142 valence electrons. The summed E-state index contributed by atoms with van der Waals surface area (Å²) in [6, 6.07) is 10.6. The molecule has 0 bridgehead atoms. The minimum Gasteiger partial charge on any atom is -0.465 e. The van der Waals surface area contributed by atoms with Crippen LogP contribution < -0.4 is 9.62 Å². The van der Waals surface area contributed by atoms with Gasteiger partial charge in [0.15, 0.2) is 0 Å². The van der Waals surface area contributed by atoms with Gasteiger partial charge in [0.1, 0.15) is 0 Å². The highest BCUT2D eigenvalue weighted by Crippen LogP contribution is 2.26. The van der Waals surface area contributed by atoms with E-state index in [4.69, 9.17) is 4.74 Å². The molecule has 1 N–H and O–H groups in total. The lowest BCUT2D eigenvalue weighted by atomic mass is 10.2. The number of rotatable bonds is 5. The molecule has 0 atom stereocenters. The summed E-state index contributed by atoms with van der Waals surface area (Å²) in [5, 5.41) is 0. The number of hydrogen-bond acceptors (Lipinski definition) is 5. The Balaban J connectivity index is 1.87. The summed E-state index contributed by atoms with van der Waals surface area (Å²) < 4.78 is 33.1. The van der Waals surface area contributed by atoms with Crippen LogP contribution in [0.4, 0.5) is 11.4 Å². The summed E-state index contributed by atoms with van der Waals surface area (Å²) in [4.78, 5) is 25.4. The van der Waals surface area contributed by atoms with Crippen LogP contribution in [0.15, 0.2) is 51.8 Å².